The molecule has 1 fully saturated rings. The Hall–Kier alpha value is -4.09. The van der Waals surface area contributed by atoms with E-state index in [1.54, 1.807) is 15.6 Å². The maximum absolute atomic E-state index is 14.0. The van der Waals surface area contributed by atoms with Crippen LogP contribution in [-0.2, 0) is 7.05 Å². The van der Waals surface area contributed by atoms with Crippen molar-refractivity contribution in [2.45, 2.75) is 18.9 Å². The number of halogens is 2. The van der Waals surface area contributed by atoms with E-state index in [4.69, 9.17) is 5.10 Å². The number of aliphatic hydroxyl groups is 1. The summed E-state index contributed by atoms with van der Waals surface area (Å²) in [6, 6.07) is 12.4. The first-order chi connectivity index (χ1) is 18.3. The molecular weight excluding hydrogens is 492 g/mol. The molecule has 1 aliphatic rings. The standard InChI is InChI=1S/C27H29F2N7O2/c1-17-25(19-13-30-34(2)14-19)33-36(20-6-4-3-5-7-20)26(17)32-27(38)31-24-16-35(10-11-37)15-21(24)18-8-9-22(28)23(29)12-18/h3-9,12-14,21,24,37H,10-11,15-16H2,1-2H3,(H2,31,32,38)/t21-,24+/m0/s1. The number of urea groups is 1. The van der Waals surface area contributed by atoms with Crippen molar-refractivity contribution in [2.75, 3.05) is 31.6 Å². The Morgan fingerprint density at radius 3 is 2.61 bits per heavy atom. The van der Waals surface area contributed by atoms with E-state index in [0.29, 0.717) is 36.7 Å². The number of amides is 2. The van der Waals surface area contributed by atoms with E-state index in [1.807, 2.05) is 55.4 Å². The van der Waals surface area contributed by atoms with Crippen LogP contribution in [0.3, 0.4) is 0 Å². The highest BCUT2D eigenvalue weighted by atomic mass is 19.2. The first-order valence-electron chi connectivity index (χ1n) is 12.3. The lowest BCUT2D eigenvalue weighted by Crippen LogP contribution is -2.42. The Balaban J connectivity index is 1.43. The largest absolute Gasteiger partial charge is 0.395 e. The van der Waals surface area contributed by atoms with Crippen molar-refractivity contribution in [2.24, 2.45) is 7.05 Å². The number of hydrogen-bond acceptors (Lipinski definition) is 5. The second kappa shape index (κ2) is 10.7. The molecule has 5 rings (SSSR count). The van der Waals surface area contributed by atoms with Gasteiger partial charge < -0.3 is 10.4 Å². The van der Waals surface area contributed by atoms with Crippen molar-refractivity contribution in [1.29, 1.82) is 0 Å². The molecule has 3 heterocycles. The van der Waals surface area contributed by atoms with Crippen molar-refractivity contribution in [3.05, 3.63) is 83.7 Å². The SMILES string of the molecule is Cc1c(-c2cnn(C)c2)nn(-c2ccccc2)c1NC(=O)N[C@@H]1CN(CCO)C[C@H]1c1ccc(F)c(F)c1. The van der Waals surface area contributed by atoms with E-state index in [9.17, 15) is 18.7 Å². The predicted octanol–water partition coefficient (Wildman–Crippen LogP) is 3.44. The number of para-hydroxylation sites is 1. The van der Waals surface area contributed by atoms with Crippen molar-refractivity contribution >= 4 is 11.8 Å². The Kier molecular flexibility index (Phi) is 7.21. The van der Waals surface area contributed by atoms with Gasteiger partial charge in [-0.3, -0.25) is 14.9 Å². The molecule has 11 heteroatoms. The molecule has 2 atom stereocenters. The van der Waals surface area contributed by atoms with Gasteiger partial charge in [-0.2, -0.15) is 10.2 Å². The number of nitrogens with zero attached hydrogens (tertiary/aromatic N) is 5. The third-order valence-corrected chi connectivity index (χ3v) is 6.83. The number of hydrogen-bond donors (Lipinski definition) is 3. The molecule has 0 bridgehead atoms. The normalized spacial score (nSPS) is 17.6. The molecule has 0 radical (unpaired) electrons. The summed E-state index contributed by atoms with van der Waals surface area (Å²) in [6.07, 6.45) is 3.57. The first-order valence-corrected chi connectivity index (χ1v) is 12.3. The van der Waals surface area contributed by atoms with Gasteiger partial charge in [0.1, 0.15) is 11.5 Å². The second-order valence-electron chi connectivity index (χ2n) is 9.44. The van der Waals surface area contributed by atoms with Crippen molar-refractivity contribution in [3.8, 4) is 16.9 Å². The molecule has 1 saturated heterocycles. The first kappa shape index (κ1) is 25.6. The van der Waals surface area contributed by atoms with E-state index >= 15 is 0 Å². The Bertz CT molecular complexity index is 1440. The van der Waals surface area contributed by atoms with Gasteiger partial charge in [0.15, 0.2) is 11.6 Å². The van der Waals surface area contributed by atoms with Gasteiger partial charge in [0.05, 0.1) is 24.5 Å². The number of benzene rings is 2. The number of β-amino-alcohol motifs (C(OH)–C–C–N with tert-alkyl or cyclic N) is 1. The fourth-order valence-electron chi connectivity index (χ4n) is 4.96. The van der Waals surface area contributed by atoms with Crippen LogP contribution in [0.4, 0.5) is 19.4 Å². The van der Waals surface area contributed by atoms with E-state index in [2.05, 4.69) is 15.7 Å². The Morgan fingerprint density at radius 1 is 1.13 bits per heavy atom. The molecular formula is C27H29F2N7O2. The van der Waals surface area contributed by atoms with Crippen molar-refractivity contribution in [1.82, 2.24) is 29.8 Å². The van der Waals surface area contributed by atoms with E-state index in [0.717, 1.165) is 22.9 Å². The van der Waals surface area contributed by atoms with Crippen LogP contribution in [0, 0.1) is 18.6 Å². The van der Waals surface area contributed by atoms with Gasteiger partial charge in [0.2, 0.25) is 0 Å². The minimum atomic E-state index is -0.934. The maximum Gasteiger partial charge on any atom is 0.320 e. The number of aliphatic hydroxyl groups excluding tert-OH is 1. The van der Waals surface area contributed by atoms with E-state index in [1.165, 1.54) is 12.1 Å². The highest BCUT2D eigenvalue weighted by Crippen LogP contribution is 2.31. The number of aromatic nitrogens is 4. The average Bonchev–Trinajstić information content (AvgIpc) is 3.59. The second-order valence-corrected chi connectivity index (χ2v) is 9.44. The minimum absolute atomic E-state index is 0.0456. The van der Waals surface area contributed by atoms with Gasteiger partial charge in [-0.1, -0.05) is 24.3 Å². The lowest BCUT2D eigenvalue weighted by atomic mass is 9.94. The summed E-state index contributed by atoms with van der Waals surface area (Å²) in [7, 11) is 1.82. The summed E-state index contributed by atoms with van der Waals surface area (Å²) in [4.78, 5) is 15.3. The molecule has 0 saturated carbocycles. The molecule has 3 N–H and O–H groups in total. The van der Waals surface area contributed by atoms with E-state index < -0.39 is 23.7 Å². The molecule has 1 aliphatic heterocycles. The van der Waals surface area contributed by atoms with Crippen LogP contribution in [0.15, 0.2) is 60.9 Å². The quantitative estimate of drug-likeness (QED) is 0.346. The van der Waals surface area contributed by atoms with Crippen molar-refractivity contribution in [3.63, 3.8) is 0 Å². The monoisotopic (exact) mass is 521 g/mol. The number of nitrogens with one attached hydrogen (secondary N) is 2. The molecule has 9 nitrogen and oxygen atoms in total. The summed E-state index contributed by atoms with van der Waals surface area (Å²) in [6.45, 7) is 3.19. The molecule has 2 aromatic heterocycles. The predicted molar refractivity (Wildman–Crippen MR) is 139 cm³/mol. The molecule has 0 unspecified atom stereocenters. The lowest BCUT2D eigenvalue weighted by Gasteiger charge is -2.21. The van der Waals surface area contributed by atoms with Crippen LogP contribution >= 0.6 is 0 Å². The molecule has 4 aromatic rings. The average molecular weight is 522 g/mol. The highest BCUT2D eigenvalue weighted by molar-refractivity contribution is 5.91. The van der Waals surface area contributed by atoms with Gasteiger partial charge in [-0.15, -0.1) is 0 Å². The van der Waals surface area contributed by atoms with Gasteiger partial charge in [-0.25, -0.2) is 18.3 Å². The van der Waals surface area contributed by atoms with Gasteiger partial charge in [-0.05, 0) is 36.8 Å². The third kappa shape index (κ3) is 5.15. The zero-order valence-corrected chi connectivity index (χ0v) is 21.1. The topological polar surface area (TPSA) is 100 Å². The zero-order chi connectivity index (χ0) is 26.8. The molecule has 38 heavy (non-hydrogen) atoms. The summed E-state index contributed by atoms with van der Waals surface area (Å²) >= 11 is 0. The Morgan fingerprint density at radius 2 is 1.92 bits per heavy atom. The lowest BCUT2D eigenvalue weighted by molar-refractivity contribution is 0.217. The summed E-state index contributed by atoms with van der Waals surface area (Å²) < 4.78 is 30.9. The van der Waals surface area contributed by atoms with Crippen molar-refractivity contribution < 1.29 is 18.7 Å². The fourth-order valence-corrected chi connectivity index (χ4v) is 4.96. The molecule has 0 aliphatic carbocycles. The fraction of sp³-hybridized carbons (Fsp3) is 0.296. The molecule has 198 valence electrons. The van der Waals surface area contributed by atoms with Crippen LogP contribution in [0.1, 0.15) is 17.0 Å². The zero-order valence-electron chi connectivity index (χ0n) is 21.1. The van der Waals surface area contributed by atoms with E-state index in [-0.39, 0.29) is 12.5 Å². The number of likely N-dealkylation sites (tertiary alicyclic amines) is 1. The summed E-state index contributed by atoms with van der Waals surface area (Å²) in [5.74, 6) is -1.64. The van der Waals surface area contributed by atoms with Crippen LogP contribution < -0.4 is 10.6 Å². The highest BCUT2D eigenvalue weighted by Gasteiger charge is 2.35. The number of carbonyl (C=O) groups excluding carboxylic acids is 1. The molecule has 0 spiro atoms. The number of carbonyl (C=O) groups is 1. The summed E-state index contributed by atoms with van der Waals surface area (Å²) in [5, 5.41) is 24.4. The molecule has 2 aromatic carbocycles. The molecule has 2 amide bonds. The smallest absolute Gasteiger partial charge is 0.320 e. The van der Waals surface area contributed by atoms with Crippen LogP contribution in [-0.4, -0.2) is 67.9 Å². The van der Waals surface area contributed by atoms with Gasteiger partial charge >= 0.3 is 6.03 Å². The minimum Gasteiger partial charge on any atom is -0.395 e. The number of anilines is 1. The third-order valence-electron chi connectivity index (χ3n) is 6.83. The van der Waals surface area contributed by atoms with Crippen LogP contribution in [0.5, 0.6) is 0 Å². The maximum atomic E-state index is 14.0. The van der Waals surface area contributed by atoms with Gasteiger partial charge in [0.25, 0.3) is 0 Å². The van der Waals surface area contributed by atoms with Gasteiger partial charge in [0, 0.05) is 49.9 Å². The van der Waals surface area contributed by atoms with Crippen LogP contribution in [0.2, 0.25) is 0 Å². The number of rotatable bonds is 7. The Labute approximate surface area is 218 Å². The van der Waals surface area contributed by atoms with Crippen LogP contribution in [0.25, 0.3) is 16.9 Å². The number of aryl methyl sites for hydroxylation is 1. The summed E-state index contributed by atoms with van der Waals surface area (Å²) in [5.41, 5.74) is 3.63.